The second-order valence-corrected chi connectivity index (χ2v) is 6.56. The summed E-state index contributed by atoms with van der Waals surface area (Å²) in [6.45, 7) is 2.48. The Morgan fingerprint density at radius 2 is 2.00 bits per heavy atom. The first kappa shape index (κ1) is 15.5. The van der Waals surface area contributed by atoms with Crippen LogP contribution >= 0.6 is 31.9 Å². The highest BCUT2D eigenvalue weighted by Crippen LogP contribution is 2.25. The van der Waals surface area contributed by atoms with Gasteiger partial charge in [-0.05, 0) is 59.1 Å². The van der Waals surface area contributed by atoms with Gasteiger partial charge in [-0.15, -0.1) is 0 Å². The lowest BCUT2D eigenvalue weighted by Crippen LogP contribution is -2.18. The van der Waals surface area contributed by atoms with Crippen molar-refractivity contribution in [2.75, 3.05) is 0 Å². The molecule has 0 bridgehead atoms. The minimum Gasteiger partial charge on any atom is -0.489 e. The van der Waals surface area contributed by atoms with E-state index in [-0.39, 0.29) is 6.04 Å². The molecular weight excluding hydrogens is 384 g/mol. The zero-order valence-corrected chi connectivity index (χ0v) is 14.3. The quantitative estimate of drug-likeness (QED) is 0.823. The Hall–Kier alpha value is -0.910. The molecular formula is C15H16Br2N2O. The van der Waals surface area contributed by atoms with E-state index in [0.717, 1.165) is 32.2 Å². The maximum atomic E-state index is 5.90. The Bertz CT molecular complexity index is 588. The van der Waals surface area contributed by atoms with Gasteiger partial charge < -0.3 is 10.5 Å². The first-order valence-corrected chi connectivity index (χ1v) is 7.89. The molecule has 1 heterocycles. The number of benzene rings is 1. The first-order valence-electron chi connectivity index (χ1n) is 6.31. The molecule has 0 saturated carbocycles. The van der Waals surface area contributed by atoms with Crippen LogP contribution in [0.4, 0.5) is 0 Å². The summed E-state index contributed by atoms with van der Waals surface area (Å²) in [4.78, 5) is 4.13. The molecule has 0 aliphatic rings. The fourth-order valence-electron chi connectivity index (χ4n) is 1.89. The summed E-state index contributed by atoms with van der Waals surface area (Å²) in [5.41, 5.74) is 8.01. The fourth-order valence-corrected chi connectivity index (χ4v) is 2.71. The third-order valence-electron chi connectivity index (χ3n) is 2.72. The van der Waals surface area contributed by atoms with E-state index in [1.54, 1.807) is 12.4 Å². The molecule has 0 aliphatic heterocycles. The van der Waals surface area contributed by atoms with Crippen LogP contribution in [-0.4, -0.2) is 11.0 Å². The van der Waals surface area contributed by atoms with Crippen LogP contribution in [0.15, 0.2) is 45.6 Å². The first-order chi connectivity index (χ1) is 9.54. The van der Waals surface area contributed by atoms with Gasteiger partial charge in [0.15, 0.2) is 0 Å². The van der Waals surface area contributed by atoms with Gasteiger partial charge in [0.1, 0.15) is 12.4 Å². The predicted molar refractivity (Wildman–Crippen MR) is 87.8 cm³/mol. The summed E-state index contributed by atoms with van der Waals surface area (Å²) in [5, 5.41) is 0. The summed E-state index contributed by atoms with van der Waals surface area (Å²) < 4.78 is 7.88. The van der Waals surface area contributed by atoms with Crippen molar-refractivity contribution in [3.05, 3.63) is 56.7 Å². The van der Waals surface area contributed by atoms with Crippen molar-refractivity contribution in [1.29, 1.82) is 0 Å². The van der Waals surface area contributed by atoms with Gasteiger partial charge in [0.05, 0.1) is 0 Å². The predicted octanol–water partition coefficient (Wildman–Crippen LogP) is 4.08. The lowest BCUT2D eigenvalue weighted by molar-refractivity contribution is 0.302. The van der Waals surface area contributed by atoms with Gasteiger partial charge in [0.2, 0.25) is 0 Å². The van der Waals surface area contributed by atoms with Crippen molar-refractivity contribution in [2.45, 2.75) is 26.0 Å². The zero-order chi connectivity index (χ0) is 14.5. The number of nitrogens with zero attached hydrogens (tertiary/aromatic N) is 1. The average Bonchev–Trinajstić information content (AvgIpc) is 2.37. The van der Waals surface area contributed by atoms with E-state index in [2.05, 4.69) is 42.9 Å². The van der Waals surface area contributed by atoms with Crippen LogP contribution in [-0.2, 0) is 13.0 Å². The summed E-state index contributed by atoms with van der Waals surface area (Å²) in [6, 6.07) is 8.08. The molecule has 0 fully saturated rings. The highest BCUT2D eigenvalue weighted by atomic mass is 79.9. The third-order valence-corrected chi connectivity index (χ3v) is 3.65. The molecule has 1 aromatic heterocycles. The lowest BCUT2D eigenvalue weighted by atomic mass is 10.1. The van der Waals surface area contributed by atoms with E-state index in [1.165, 1.54) is 0 Å². The van der Waals surface area contributed by atoms with Crippen LogP contribution in [0, 0.1) is 0 Å². The topological polar surface area (TPSA) is 48.1 Å². The number of hydrogen-bond donors (Lipinski definition) is 1. The van der Waals surface area contributed by atoms with Gasteiger partial charge in [-0.25, -0.2) is 0 Å². The minimum absolute atomic E-state index is 0.0965. The number of ether oxygens (including phenoxy) is 1. The molecule has 106 valence electrons. The molecule has 20 heavy (non-hydrogen) atoms. The molecule has 1 aromatic carbocycles. The van der Waals surface area contributed by atoms with Crippen LogP contribution in [0.25, 0.3) is 0 Å². The molecule has 1 unspecified atom stereocenters. The van der Waals surface area contributed by atoms with Crippen molar-refractivity contribution in [2.24, 2.45) is 5.73 Å². The average molecular weight is 400 g/mol. The summed E-state index contributed by atoms with van der Waals surface area (Å²) in [5.74, 6) is 0.866. The SMILES string of the molecule is CC(N)Cc1cc(Br)ccc1OCc1cncc(Br)c1. The van der Waals surface area contributed by atoms with E-state index in [0.29, 0.717) is 6.61 Å². The van der Waals surface area contributed by atoms with E-state index < -0.39 is 0 Å². The van der Waals surface area contributed by atoms with Gasteiger partial charge in [-0.3, -0.25) is 4.98 Å². The molecule has 3 nitrogen and oxygen atoms in total. The van der Waals surface area contributed by atoms with Crippen LogP contribution in [0.5, 0.6) is 5.75 Å². The summed E-state index contributed by atoms with van der Waals surface area (Å²) in [7, 11) is 0. The molecule has 2 N–H and O–H groups in total. The van der Waals surface area contributed by atoms with Gasteiger partial charge in [0, 0.05) is 32.9 Å². The van der Waals surface area contributed by atoms with Crippen molar-refractivity contribution >= 4 is 31.9 Å². The molecule has 0 amide bonds. The summed E-state index contributed by atoms with van der Waals surface area (Å²) >= 11 is 6.88. The molecule has 2 rings (SSSR count). The standard InChI is InChI=1S/C15H16Br2N2O/c1-10(18)4-12-6-13(16)2-3-15(12)20-9-11-5-14(17)8-19-7-11/h2-3,5-8,10H,4,9,18H2,1H3. The Kier molecular flexibility index (Phi) is 5.57. The molecule has 0 spiro atoms. The molecule has 2 aromatic rings. The number of hydrogen-bond acceptors (Lipinski definition) is 3. The van der Waals surface area contributed by atoms with Crippen molar-refractivity contribution in [1.82, 2.24) is 4.98 Å². The maximum Gasteiger partial charge on any atom is 0.123 e. The normalized spacial score (nSPS) is 12.2. The van der Waals surface area contributed by atoms with E-state index in [1.807, 2.05) is 25.1 Å². The van der Waals surface area contributed by atoms with Crippen LogP contribution in [0.2, 0.25) is 0 Å². The van der Waals surface area contributed by atoms with Crippen molar-refractivity contribution in [3.63, 3.8) is 0 Å². The minimum atomic E-state index is 0.0965. The second-order valence-electron chi connectivity index (χ2n) is 4.73. The number of pyridine rings is 1. The zero-order valence-electron chi connectivity index (χ0n) is 11.1. The van der Waals surface area contributed by atoms with Crippen molar-refractivity contribution in [3.8, 4) is 5.75 Å². The fraction of sp³-hybridized carbons (Fsp3) is 0.267. The van der Waals surface area contributed by atoms with Gasteiger partial charge in [-0.1, -0.05) is 15.9 Å². The molecule has 0 radical (unpaired) electrons. The highest BCUT2D eigenvalue weighted by Gasteiger charge is 2.08. The van der Waals surface area contributed by atoms with Crippen molar-refractivity contribution < 1.29 is 4.74 Å². The van der Waals surface area contributed by atoms with Crippen LogP contribution in [0.3, 0.4) is 0 Å². The maximum absolute atomic E-state index is 5.90. The number of nitrogens with two attached hydrogens (primary N) is 1. The Labute approximate surface area is 135 Å². The highest BCUT2D eigenvalue weighted by molar-refractivity contribution is 9.10. The van der Waals surface area contributed by atoms with E-state index in [9.17, 15) is 0 Å². The molecule has 1 atom stereocenters. The monoisotopic (exact) mass is 398 g/mol. The Morgan fingerprint density at radius 3 is 2.70 bits per heavy atom. The lowest BCUT2D eigenvalue weighted by Gasteiger charge is -2.13. The Morgan fingerprint density at radius 1 is 1.20 bits per heavy atom. The van der Waals surface area contributed by atoms with E-state index >= 15 is 0 Å². The largest absolute Gasteiger partial charge is 0.489 e. The van der Waals surface area contributed by atoms with Crippen LogP contribution < -0.4 is 10.5 Å². The van der Waals surface area contributed by atoms with Gasteiger partial charge in [-0.2, -0.15) is 0 Å². The number of rotatable bonds is 5. The van der Waals surface area contributed by atoms with Gasteiger partial charge >= 0.3 is 0 Å². The molecule has 0 saturated heterocycles. The third kappa shape index (κ3) is 4.58. The number of aromatic nitrogens is 1. The second kappa shape index (κ2) is 7.20. The molecule has 5 heteroatoms. The van der Waals surface area contributed by atoms with Gasteiger partial charge in [0.25, 0.3) is 0 Å². The van der Waals surface area contributed by atoms with Crippen LogP contribution in [0.1, 0.15) is 18.1 Å². The smallest absolute Gasteiger partial charge is 0.123 e. The molecule has 0 aliphatic carbocycles. The van der Waals surface area contributed by atoms with E-state index in [4.69, 9.17) is 10.5 Å². The summed E-state index contributed by atoms with van der Waals surface area (Å²) in [6.07, 6.45) is 4.34. The number of halogens is 2. The Balaban J connectivity index is 2.12.